The molecule has 0 saturated carbocycles. The lowest BCUT2D eigenvalue weighted by Gasteiger charge is -2.13. The molecule has 3 aromatic rings. The van der Waals surface area contributed by atoms with Gasteiger partial charge in [-0.1, -0.05) is 42.1 Å². The van der Waals surface area contributed by atoms with Gasteiger partial charge in [0, 0.05) is 18.2 Å². The van der Waals surface area contributed by atoms with E-state index in [1.54, 1.807) is 6.07 Å². The maximum Gasteiger partial charge on any atom is 0.270 e. The van der Waals surface area contributed by atoms with Crippen LogP contribution in [0, 0.1) is 10.1 Å². The van der Waals surface area contributed by atoms with Crippen molar-refractivity contribution in [2.45, 2.75) is 30.1 Å². The Morgan fingerprint density at radius 3 is 2.81 bits per heavy atom. The maximum absolute atomic E-state index is 12.2. The van der Waals surface area contributed by atoms with Crippen molar-refractivity contribution in [3.8, 4) is 0 Å². The smallest absolute Gasteiger partial charge is 0.270 e. The van der Waals surface area contributed by atoms with Gasteiger partial charge in [0.2, 0.25) is 5.91 Å². The first-order chi connectivity index (χ1) is 13.0. The molecule has 1 heterocycles. The van der Waals surface area contributed by atoms with Gasteiger partial charge in [-0.2, -0.15) is 0 Å². The fraction of sp³-hybridized carbons (Fsp3) is 0.263. The van der Waals surface area contributed by atoms with E-state index in [9.17, 15) is 14.9 Å². The topological polar surface area (TPSA) is 85.1 Å². The van der Waals surface area contributed by atoms with E-state index in [1.807, 2.05) is 25.1 Å². The molecule has 1 aromatic heterocycles. The number of nitro benzene ring substituents is 1. The summed E-state index contributed by atoms with van der Waals surface area (Å²) in [5, 5.41) is 13.9. The number of aromatic nitrogens is 1. The maximum atomic E-state index is 12.2. The van der Waals surface area contributed by atoms with Crippen LogP contribution in [0.1, 0.15) is 18.9 Å². The third kappa shape index (κ3) is 5.51. The first-order valence-electron chi connectivity index (χ1n) is 8.52. The van der Waals surface area contributed by atoms with Gasteiger partial charge in [-0.25, -0.2) is 4.98 Å². The van der Waals surface area contributed by atoms with Crippen LogP contribution in [-0.2, 0) is 11.2 Å². The van der Waals surface area contributed by atoms with Gasteiger partial charge in [0.15, 0.2) is 4.34 Å². The zero-order chi connectivity index (χ0) is 19.2. The molecule has 27 heavy (non-hydrogen) atoms. The van der Waals surface area contributed by atoms with Crippen molar-refractivity contribution in [2.75, 3.05) is 5.75 Å². The van der Waals surface area contributed by atoms with E-state index in [1.165, 1.54) is 40.8 Å². The molecule has 0 saturated heterocycles. The Labute approximate surface area is 165 Å². The molecule has 0 radical (unpaired) electrons. The number of aryl methyl sites for hydroxylation is 1. The van der Waals surface area contributed by atoms with Gasteiger partial charge in [0.05, 0.1) is 20.9 Å². The Bertz CT molecular complexity index is 944. The zero-order valence-corrected chi connectivity index (χ0v) is 16.4. The van der Waals surface area contributed by atoms with E-state index in [4.69, 9.17) is 0 Å². The van der Waals surface area contributed by atoms with Crippen LogP contribution in [0.2, 0.25) is 0 Å². The number of fused-ring (bicyclic) bond motifs is 1. The lowest BCUT2D eigenvalue weighted by molar-refractivity contribution is -0.384. The normalized spacial score (nSPS) is 12.0. The van der Waals surface area contributed by atoms with E-state index >= 15 is 0 Å². The molecule has 0 spiro atoms. The van der Waals surface area contributed by atoms with Crippen molar-refractivity contribution in [2.24, 2.45) is 0 Å². The minimum absolute atomic E-state index is 0.0363. The molecule has 8 heteroatoms. The summed E-state index contributed by atoms with van der Waals surface area (Å²) in [5.41, 5.74) is 2.02. The van der Waals surface area contributed by atoms with E-state index in [0.29, 0.717) is 5.52 Å². The second kappa shape index (κ2) is 8.96. The van der Waals surface area contributed by atoms with E-state index in [2.05, 4.69) is 22.4 Å². The van der Waals surface area contributed by atoms with Gasteiger partial charge in [0.25, 0.3) is 5.69 Å². The number of hydrogen-bond donors (Lipinski definition) is 1. The Hall–Kier alpha value is -2.45. The molecule has 1 N–H and O–H groups in total. The lowest BCUT2D eigenvalue weighted by Crippen LogP contribution is -2.34. The molecule has 6 nitrogen and oxygen atoms in total. The number of thiazole rings is 1. The van der Waals surface area contributed by atoms with Gasteiger partial charge >= 0.3 is 0 Å². The number of hydrogen-bond acceptors (Lipinski definition) is 6. The molecule has 0 bridgehead atoms. The molecule has 2 aromatic carbocycles. The summed E-state index contributed by atoms with van der Waals surface area (Å²) in [6.07, 6.45) is 1.80. The molecular weight excluding hydrogens is 382 g/mol. The number of amides is 1. The summed E-state index contributed by atoms with van der Waals surface area (Å²) >= 11 is 2.72. The molecule has 140 valence electrons. The fourth-order valence-corrected chi connectivity index (χ4v) is 4.52. The highest BCUT2D eigenvalue weighted by molar-refractivity contribution is 8.01. The SMILES string of the molecule is C[C@@H](CCc1ccccc1)NC(=O)CSc1nc2ccc([N+](=O)[O-])cc2s1. The standard InChI is InChI=1S/C19H19N3O3S2/c1-13(7-8-14-5-3-2-4-6-14)20-18(23)12-26-19-21-16-10-9-15(22(24)25)11-17(16)27-19/h2-6,9-11,13H,7-8,12H2,1H3,(H,20,23)/t13-/m0/s1. The largest absolute Gasteiger partial charge is 0.353 e. The summed E-state index contributed by atoms with van der Waals surface area (Å²) < 4.78 is 1.49. The summed E-state index contributed by atoms with van der Waals surface area (Å²) in [5.74, 6) is 0.239. The molecule has 1 atom stereocenters. The van der Waals surface area contributed by atoms with Crippen molar-refractivity contribution in [3.05, 3.63) is 64.2 Å². The van der Waals surface area contributed by atoms with E-state index in [0.717, 1.165) is 21.9 Å². The van der Waals surface area contributed by atoms with Crippen LogP contribution in [0.4, 0.5) is 5.69 Å². The molecular formula is C19H19N3O3S2. The van der Waals surface area contributed by atoms with E-state index < -0.39 is 4.92 Å². The average molecular weight is 402 g/mol. The first kappa shape index (κ1) is 19.3. The monoisotopic (exact) mass is 401 g/mol. The number of benzene rings is 2. The van der Waals surface area contributed by atoms with Crippen molar-refractivity contribution in [3.63, 3.8) is 0 Å². The highest BCUT2D eigenvalue weighted by Gasteiger charge is 2.13. The van der Waals surface area contributed by atoms with Crippen LogP contribution in [0.25, 0.3) is 10.2 Å². The molecule has 3 rings (SSSR count). The number of carbonyl (C=O) groups is 1. The van der Waals surface area contributed by atoms with E-state index in [-0.39, 0.29) is 23.4 Å². The lowest BCUT2D eigenvalue weighted by atomic mass is 10.1. The second-order valence-electron chi connectivity index (χ2n) is 6.17. The van der Waals surface area contributed by atoms with Crippen LogP contribution >= 0.6 is 23.1 Å². The average Bonchev–Trinajstić information content (AvgIpc) is 3.07. The van der Waals surface area contributed by atoms with Crippen LogP contribution < -0.4 is 5.32 Å². The van der Waals surface area contributed by atoms with Crippen LogP contribution in [0.15, 0.2) is 52.9 Å². The Morgan fingerprint density at radius 1 is 1.30 bits per heavy atom. The number of non-ortho nitro benzene ring substituents is 1. The first-order valence-corrected chi connectivity index (χ1v) is 10.3. The number of nitro groups is 1. The highest BCUT2D eigenvalue weighted by atomic mass is 32.2. The number of nitrogens with one attached hydrogen (secondary N) is 1. The third-order valence-electron chi connectivity index (χ3n) is 4.01. The van der Waals surface area contributed by atoms with Crippen molar-refractivity contribution in [1.29, 1.82) is 0 Å². The molecule has 0 unspecified atom stereocenters. The Balaban J connectivity index is 1.48. The van der Waals surface area contributed by atoms with Gasteiger partial charge in [0.1, 0.15) is 0 Å². The Morgan fingerprint density at radius 2 is 2.07 bits per heavy atom. The second-order valence-corrected chi connectivity index (χ2v) is 8.42. The minimum atomic E-state index is -0.420. The minimum Gasteiger partial charge on any atom is -0.353 e. The number of nitrogens with zero attached hydrogens (tertiary/aromatic N) is 2. The molecule has 0 aliphatic carbocycles. The molecule has 0 aliphatic heterocycles. The van der Waals surface area contributed by atoms with Gasteiger partial charge in [-0.05, 0) is 31.4 Å². The summed E-state index contributed by atoms with van der Waals surface area (Å²) in [6.45, 7) is 2.00. The van der Waals surface area contributed by atoms with Gasteiger partial charge in [-0.15, -0.1) is 11.3 Å². The third-order valence-corrected chi connectivity index (χ3v) is 6.17. The van der Waals surface area contributed by atoms with Crippen LogP contribution in [-0.4, -0.2) is 27.6 Å². The van der Waals surface area contributed by atoms with Gasteiger partial charge in [-0.3, -0.25) is 14.9 Å². The number of rotatable bonds is 8. The Kier molecular flexibility index (Phi) is 6.41. The highest BCUT2D eigenvalue weighted by Crippen LogP contribution is 2.31. The predicted octanol–water partition coefficient (Wildman–Crippen LogP) is 4.43. The fourth-order valence-electron chi connectivity index (χ4n) is 2.61. The quantitative estimate of drug-likeness (QED) is 0.343. The zero-order valence-electron chi connectivity index (χ0n) is 14.8. The predicted molar refractivity (Wildman–Crippen MR) is 109 cm³/mol. The molecule has 0 fully saturated rings. The summed E-state index contributed by atoms with van der Waals surface area (Å²) in [6, 6.07) is 14.9. The number of carbonyl (C=O) groups excluding carboxylic acids is 1. The van der Waals surface area contributed by atoms with Crippen LogP contribution in [0.5, 0.6) is 0 Å². The van der Waals surface area contributed by atoms with Crippen molar-refractivity contribution in [1.82, 2.24) is 10.3 Å². The van der Waals surface area contributed by atoms with Crippen LogP contribution in [0.3, 0.4) is 0 Å². The van der Waals surface area contributed by atoms with Crippen molar-refractivity contribution < 1.29 is 9.72 Å². The summed E-state index contributed by atoms with van der Waals surface area (Å²) in [4.78, 5) is 27.0. The number of thioether (sulfide) groups is 1. The summed E-state index contributed by atoms with van der Waals surface area (Å²) in [7, 11) is 0. The molecule has 0 aliphatic rings. The van der Waals surface area contributed by atoms with Gasteiger partial charge < -0.3 is 5.32 Å². The van der Waals surface area contributed by atoms with Crippen molar-refractivity contribution >= 4 is 44.9 Å². The molecule has 1 amide bonds.